The Labute approximate surface area is 113 Å². The molecule has 0 saturated heterocycles. The van der Waals surface area contributed by atoms with E-state index in [0.29, 0.717) is 11.4 Å². The van der Waals surface area contributed by atoms with Crippen molar-refractivity contribution in [1.29, 1.82) is 0 Å². The summed E-state index contributed by atoms with van der Waals surface area (Å²) in [5.74, 6) is -0.930. The smallest absolute Gasteiger partial charge is 0.303 e. The molecule has 2 aromatic rings. The molecule has 20 heavy (non-hydrogen) atoms. The van der Waals surface area contributed by atoms with Gasteiger partial charge in [-0.25, -0.2) is 4.68 Å². The number of rotatable bonds is 5. The first-order valence-corrected chi connectivity index (χ1v) is 5.86. The van der Waals surface area contributed by atoms with Gasteiger partial charge in [0.25, 0.3) is 5.69 Å². The summed E-state index contributed by atoms with van der Waals surface area (Å²) < 4.78 is 1.29. The van der Waals surface area contributed by atoms with Crippen molar-refractivity contribution in [2.45, 2.75) is 19.8 Å². The maximum atomic E-state index is 11.0. The maximum absolute atomic E-state index is 11.0. The average molecular weight is 276 g/mol. The molecule has 0 unspecified atom stereocenters. The number of aromatic nitrogens is 3. The third kappa shape index (κ3) is 2.97. The lowest BCUT2D eigenvalue weighted by Crippen LogP contribution is -2.01. The SMILES string of the molecule is Cc1ccc([N+](=O)[O-])c(-n2cc(CCC(=O)O)nn2)c1. The second-order valence-corrected chi connectivity index (χ2v) is 4.30. The van der Waals surface area contributed by atoms with Crippen LogP contribution in [0.2, 0.25) is 0 Å². The van der Waals surface area contributed by atoms with Crippen LogP contribution in [0.25, 0.3) is 5.69 Å². The highest BCUT2D eigenvalue weighted by molar-refractivity contribution is 5.66. The summed E-state index contributed by atoms with van der Waals surface area (Å²) in [7, 11) is 0. The van der Waals surface area contributed by atoms with Gasteiger partial charge in [-0.3, -0.25) is 14.9 Å². The van der Waals surface area contributed by atoms with Crippen LogP contribution in [0.15, 0.2) is 24.4 Å². The molecule has 0 spiro atoms. The van der Waals surface area contributed by atoms with Crippen molar-refractivity contribution in [1.82, 2.24) is 15.0 Å². The molecule has 2 rings (SSSR count). The van der Waals surface area contributed by atoms with Crippen molar-refractivity contribution in [2.75, 3.05) is 0 Å². The van der Waals surface area contributed by atoms with Gasteiger partial charge in [0.2, 0.25) is 0 Å². The number of aliphatic carboxylic acids is 1. The Morgan fingerprint density at radius 1 is 1.50 bits per heavy atom. The minimum absolute atomic E-state index is 0.0609. The molecule has 0 radical (unpaired) electrons. The number of nitro groups is 1. The van der Waals surface area contributed by atoms with Crippen molar-refractivity contribution >= 4 is 11.7 Å². The van der Waals surface area contributed by atoms with Crippen molar-refractivity contribution in [3.8, 4) is 5.69 Å². The van der Waals surface area contributed by atoms with Gasteiger partial charge in [0, 0.05) is 12.5 Å². The second-order valence-electron chi connectivity index (χ2n) is 4.30. The summed E-state index contributed by atoms with van der Waals surface area (Å²) in [6.45, 7) is 1.81. The molecule has 0 amide bonds. The molecule has 0 bridgehead atoms. The molecule has 8 heteroatoms. The monoisotopic (exact) mass is 276 g/mol. The van der Waals surface area contributed by atoms with Gasteiger partial charge < -0.3 is 5.11 Å². The average Bonchev–Trinajstić information content (AvgIpc) is 2.84. The van der Waals surface area contributed by atoms with Crippen LogP contribution in [-0.2, 0) is 11.2 Å². The quantitative estimate of drug-likeness (QED) is 0.654. The zero-order chi connectivity index (χ0) is 14.7. The number of hydrogen-bond acceptors (Lipinski definition) is 5. The standard InChI is InChI=1S/C12H12N4O4/c1-8-2-4-10(16(19)20)11(6-8)15-7-9(13-14-15)3-5-12(17)18/h2,4,6-7H,3,5H2,1H3,(H,17,18). The van der Waals surface area contributed by atoms with Gasteiger partial charge in [0.15, 0.2) is 0 Å². The van der Waals surface area contributed by atoms with Gasteiger partial charge in [-0.2, -0.15) is 0 Å². The first kappa shape index (κ1) is 13.7. The molecule has 0 aliphatic rings. The molecule has 0 saturated carbocycles. The number of nitrogens with zero attached hydrogens (tertiary/aromatic N) is 4. The second kappa shape index (κ2) is 5.47. The molecule has 0 aliphatic carbocycles. The molecule has 0 fully saturated rings. The fourth-order valence-corrected chi connectivity index (χ4v) is 1.74. The summed E-state index contributed by atoms with van der Waals surface area (Å²) in [6.07, 6.45) is 1.67. The number of hydrogen-bond donors (Lipinski definition) is 1. The highest BCUT2D eigenvalue weighted by Crippen LogP contribution is 2.23. The summed E-state index contributed by atoms with van der Waals surface area (Å²) in [6, 6.07) is 4.68. The molecule has 0 atom stereocenters. The van der Waals surface area contributed by atoms with Crippen LogP contribution in [-0.4, -0.2) is 31.0 Å². The normalized spacial score (nSPS) is 10.4. The van der Waals surface area contributed by atoms with Gasteiger partial charge in [-0.05, 0) is 18.6 Å². The number of carboxylic acid groups (broad SMARTS) is 1. The van der Waals surface area contributed by atoms with E-state index < -0.39 is 10.9 Å². The van der Waals surface area contributed by atoms with Crippen molar-refractivity contribution in [3.05, 3.63) is 45.8 Å². The van der Waals surface area contributed by atoms with Crippen molar-refractivity contribution in [3.63, 3.8) is 0 Å². The van der Waals surface area contributed by atoms with E-state index in [2.05, 4.69) is 10.3 Å². The Balaban J connectivity index is 2.34. The molecule has 1 aromatic heterocycles. The first-order chi connectivity index (χ1) is 9.47. The Hall–Kier alpha value is -2.77. The minimum atomic E-state index is -0.930. The Morgan fingerprint density at radius 2 is 2.25 bits per heavy atom. The molecule has 1 N–H and O–H groups in total. The Kier molecular flexibility index (Phi) is 3.74. The van der Waals surface area contributed by atoms with Crippen LogP contribution in [0.4, 0.5) is 5.69 Å². The third-order valence-electron chi connectivity index (χ3n) is 2.71. The highest BCUT2D eigenvalue weighted by Gasteiger charge is 2.16. The molecule has 1 heterocycles. The fraction of sp³-hybridized carbons (Fsp3) is 0.250. The zero-order valence-corrected chi connectivity index (χ0v) is 10.7. The summed E-state index contributed by atoms with van der Waals surface area (Å²) in [5.41, 5.74) is 1.56. The first-order valence-electron chi connectivity index (χ1n) is 5.86. The lowest BCUT2D eigenvalue weighted by atomic mass is 10.2. The largest absolute Gasteiger partial charge is 0.481 e. The Bertz CT molecular complexity index is 665. The van der Waals surface area contributed by atoms with E-state index in [-0.39, 0.29) is 18.5 Å². The van der Waals surface area contributed by atoms with Crippen LogP contribution in [0.5, 0.6) is 0 Å². The summed E-state index contributed by atoms with van der Waals surface area (Å²) in [4.78, 5) is 21.0. The highest BCUT2D eigenvalue weighted by atomic mass is 16.6. The van der Waals surface area contributed by atoms with E-state index in [4.69, 9.17) is 5.11 Å². The molecule has 8 nitrogen and oxygen atoms in total. The molecule has 1 aromatic carbocycles. The van der Waals surface area contributed by atoms with E-state index in [9.17, 15) is 14.9 Å². The topological polar surface area (TPSA) is 111 Å². The van der Waals surface area contributed by atoms with Gasteiger partial charge in [-0.15, -0.1) is 5.10 Å². The molecule has 0 aliphatic heterocycles. The number of aryl methyl sites for hydroxylation is 2. The van der Waals surface area contributed by atoms with Gasteiger partial charge in [-0.1, -0.05) is 11.3 Å². The molecular formula is C12H12N4O4. The number of carbonyl (C=O) groups is 1. The number of benzene rings is 1. The van der Waals surface area contributed by atoms with Crippen LogP contribution >= 0.6 is 0 Å². The van der Waals surface area contributed by atoms with Crippen molar-refractivity contribution < 1.29 is 14.8 Å². The number of nitro benzene ring substituents is 1. The van der Waals surface area contributed by atoms with E-state index in [1.165, 1.54) is 16.9 Å². The van der Waals surface area contributed by atoms with Crippen LogP contribution < -0.4 is 0 Å². The van der Waals surface area contributed by atoms with Crippen LogP contribution in [0, 0.1) is 17.0 Å². The van der Waals surface area contributed by atoms with E-state index in [1.807, 2.05) is 6.92 Å². The summed E-state index contributed by atoms with van der Waals surface area (Å²) >= 11 is 0. The van der Waals surface area contributed by atoms with Gasteiger partial charge >= 0.3 is 5.97 Å². The fourth-order valence-electron chi connectivity index (χ4n) is 1.74. The van der Waals surface area contributed by atoms with Gasteiger partial charge in [0.05, 0.1) is 23.2 Å². The lowest BCUT2D eigenvalue weighted by Gasteiger charge is -2.02. The molecule has 104 valence electrons. The predicted octanol–water partition coefficient (Wildman–Crippen LogP) is 1.50. The van der Waals surface area contributed by atoms with E-state index >= 15 is 0 Å². The minimum Gasteiger partial charge on any atom is -0.481 e. The molecular weight excluding hydrogens is 264 g/mol. The van der Waals surface area contributed by atoms with Crippen LogP contribution in [0.1, 0.15) is 17.7 Å². The zero-order valence-electron chi connectivity index (χ0n) is 10.7. The maximum Gasteiger partial charge on any atom is 0.303 e. The van der Waals surface area contributed by atoms with Gasteiger partial charge in [0.1, 0.15) is 5.69 Å². The predicted molar refractivity (Wildman–Crippen MR) is 68.7 cm³/mol. The van der Waals surface area contributed by atoms with Crippen LogP contribution in [0.3, 0.4) is 0 Å². The third-order valence-corrected chi connectivity index (χ3v) is 2.71. The van der Waals surface area contributed by atoms with Crippen molar-refractivity contribution in [2.24, 2.45) is 0 Å². The van der Waals surface area contributed by atoms with E-state index in [0.717, 1.165) is 5.56 Å². The lowest BCUT2D eigenvalue weighted by molar-refractivity contribution is -0.384. The Morgan fingerprint density at radius 3 is 2.90 bits per heavy atom. The number of carboxylic acids is 1. The summed E-state index contributed by atoms with van der Waals surface area (Å²) in [5, 5.41) is 27.2. The van der Waals surface area contributed by atoms with E-state index in [1.54, 1.807) is 12.1 Å².